The van der Waals surface area contributed by atoms with Crippen LogP contribution in [0.4, 0.5) is 4.79 Å². The molecule has 1 spiro atoms. The maximum Gasteiger partial charge on any atom is 0.404 e. The Morgan fingerprint density at radius 2 is 2.20 bits per heavy atom. The number of guanidine groups is 1. The predicted octanol–water partition coefficient (Wildman–Crippen LogP) is -0.0930. The minimum atomic E-state index is -2.18. The summed E-state index contributed by atoms with van der Waals surface area (Å²) in [6, 6.07) is -0.750. The fourth-order valence-corrected chi connectivity index (χ4v) is 3.30. The number of primary amides is 1. The smallest absolute Gasteiger partial charge is 0.404 e. The third-order valence-electron chi connectivity index (χ3n) is 4.09. The molecule has 136 valence electrons. The Labute approximate surface area is 158 Å². The fraction of sp³-hybridized carbons (Fsp3) is 0.462. The molecule has 0 aromatic carbocycles. The first-order valence-electron chi connectivity index (χ1n) is 7.21. The average molecular weight is 410 g/mol. The third kappa shape index (κ3) is 3.19. The molecule has 0 unspecified atom stereocenters. The second-order valence-electron chi connectivity index (χ2n) is 5.68. The number of hydrogen-bond donors (Lipinski definition) is 4. The summed E-state index contributed by atoms with van der Waals surface area (Å²) in [7, 11) is 0. The average Bonchev–Trinajstić information content (AvgIpc) is 3.05. The minimum Gasteiger partial charge on any atom is -0.447 e. The van der Waals surface area contributed by atoms with Crippen LogP contribution in [-0.2, 0) is 9.53 Å². The number of carbonyl (C=O) groups excluding carboxylic acids is 2. The maximum atomic E-state index is 12.0. The number of rotatable bonds is 2. The molecule has 25 heavy (non-hydrogen) atoms. The van der Waals surface area contributed by atoms with Crippen LogP contribution in [0.15, 0.2) is 29.5 Å². The molecule has 3 heterocycles. The molecule has 2 fully saturated rings. The van der Waals surface area contributed by atoms with Gasteiger partial charge in [-0.25, -0.2) is 4.79 Å². The number of alkyl halides is 3. The van der Waals surface area contributed by atoms with Crippen LogP contribution in [0.1, 0.15) is 0 Å². The summed E-state index contributed by atoms with van der Waals surface area (Å²) in [6.07, 6.45) is 2.89. The number of hydrogen-bond acceptors (Lipinski definition) is 5. The monoisotopic (exact) mass is 408 g/mol. The number of amides is 2. The lowest BCUT2D eigenvalue weighted by Gasteiger charge is -2.48. The van der Waals surface area contributed by atoms with E-state index in [1.54, 1.807) is 4.90 Å². The van der Waals surface area contributed by atoms with Gasteiger partial charge in [0.25, 0.3) is 3.79 Å². The third-order valence-corrected chi connectivity index (χ3v) is 4.57. The van der Waals surface area contributed by atoms with Gasteiger partial charge in [0.1, 0.15) is 6.61 Å². The van der Waals surface area contributed by atoms with Crippen molar-refractivity contribution in [2.75, 3.05) is 13.2 Å². The van der Waals surface area contributed by atoms with E-state index in [0.29, 0.717) is 12.4 Å². The number of aliphatic imine (C=N–C) groups is 1. The summed E-state index contributed by atoms with van der Waals surface area (Å²) < 4.78 is 2.72. The Bertz CT molecular complexity index is 691. The summed E-state index contributed by atoms with van der Waals surface area (Å²) in [5.41, 5.74) is 4.30. The summed E-state index contributed by atoms with van der Waals surface area (Å²) in [5, 5.41) is 9.44. The van der Waals surface area contributed by atoms with Crippen molar-refractivity contribution in [2.45, 2.75) is 21.5 Å². The zero-order valence-electron chi connectivity index (χ0n) is 12.8. The van der Waals surface area contributed by atoms with Gasteiger partial charge in [-0.3, -0.25) is 4.79 Å². The summed E-state index contributed by atoms with van der Waals surface area (Å²) in [6.45, 7) is 4.27. The first-order chi connectivity index (χ1) is 11.6. The predicted molar refractivity (Wildman–Crippen MR) is 93.0 cm³/mol. The largest absolute Gasteiger partial charge is 0.447 e. The van der Waals surface area contributed by atoms with Crippen LogP contribution in [0.25, 0.3) is 0 Å². The van der Waals surface area contributed by atoms with Crippen molar-refractivity contribution in [3.05, 3.63) is 24.6 Å². The van der Waals surface area contributed by atoms with Crippen molar-refractivity contribution in [1.29, 1.82) is 0 Å². The van der Waals surface area contributed by atoms with E-state index in [9.17, 15) is 9.59 Å². The Morgan fingerprint density at radius 3 is 2.84 bits per heavy atom. The molecular formula is C13H15Cl3N6O3. The highest BCUT2D eigenvalue weighted by molar-refractivity contribution is 6.76. The van der Waals surface area contributed by atoms with Crippen LogP contribution in [-0.4, -0.2) is 57.6 Å². The number of nitrogens with two attached hydrogens (primary N) is 1. The van der Waals surface area contributed by atoms with Crippen LogP contribution in [0.2, 0.25) is 0 Å². The molecule has 0 aliphatic carbocycles. The molecule has 0 bridgehead atoms. The molecule has 2 saturated heterocycles. The van der Waals surface area contributed by atoms with Gasteiger partial charge in [0, 0.05) is 6.54 Å². The lowest BCUT2D eigenvalue weighted by Crippen LogP contribution is -2.74. The fourth-order valence-electron chi connectivity index (χ4n) is 3.17. The van der Waals surface area contributed by atoms with E-state index in [2.05, 4.69) is 27.5 Å². The van der Waals surface area contributed by atoms with Gasteiger partial charge in [-0.15, -0.1) is 0 Å². The van der Waals surface area contributed by atoms with E-state index < -0.39 is 27.5 Å². The zero-order valence-corrected chi connectivity index (χ0v) is 15.0. The van der Waals surface area contributed by atoms with Gasteiger partial charge in [0.05, 0.1) is 17.9 Å². The number of ether oxygens (including phenoxy) is 1. The second-order valence-corrected chi connectivity index (χ2v) is 7.96. The lowest BCUT2D eigenvalue weighted by atomic mass is 9.92. The molecule has 3 atom stereocenters. The molecular weight excluding hydrogens is 395 g/mol. The van der Waals surface area contributed by atoms with Gasteiger partial charge in [0.15, 0.2) is 5.66 Å². The van der Waals surface area contributed by atoms with Crippen molar-refractivity contribution < 1.29 is 14.3 Å². The molecule has 0 saturated carbocycles. The van der Waals surface area contributed by atoms with Crippen LogP contribution < -0.4 is 21.7 Å². The van der Waals surface area contributed by atoms with Crippen molar-refractivity contribution >= 4 is 52.8 Å². The minimum absolute atomic E-state index is 0.0631. The Morgan fingerprint density at radius 1 is 1.48 bits per heavy atom. The quantitative estimate of drug-likeness (QED) is 0.371. The van der Waals surface area contributed by atoms with Crippen LogP contribution in [0.3, 0.4) is 0 Å². The van der Waals surface area contributed by atoms with Gasteiger partial charge in [-0.1, -0.05) is 47.5 Å². The van der Waals surface area contributed by atoms with E-state index in [-0.39, 0.29) is 18.6 Å². The van der Waals surface area contributed by atoms with E-state index >= 15 is 0 Å². The lowest BCUT2D eigenvalue weighted by molar-refractivity contribution is -0.117. The van der Waals surface area contributed by atoms with Gasteiger partial charge in [-0.05, 0) is 6.08 Å². The van der Waals surface area contributed by atoms with Crippen LogP contribution >= 0.6 is 34.8 Å². The van der Waals surface area contributed by atoms with E-state index in [0.717, 1.165) is 0 Å². The molecule has 0 aromatic rings. The highest BCUT2D eigenvalue weighted by atomic mass is 35.6. The van der Waals surface area contributed by atoms with Crippen molar-refractivity contribution in [1.82, 2.24) is 20.9 Å². The molecule has 3 aliphatic rings. The first-order valence-corrected chi connectivity index (χ1v) is 8.34. The first kappa shape index (κ1) is 18.0. The summed E-state index contributed by atoms with van der Waals surface area (Å²) in [5.74, 6) is -0.194. The standard InChI is InChI=1S/C13H15Cl3N6O3/c1-6-18-8-7(5-25-10(17)24)19-11(20-9(23)13(14,15)16)22-4-2-3-12(8,22)21-6/h2-3,7-8,18,21H,1,4-5H2,(H2,17,24)(H,19,20,23)/t7-,8-,12+/m0/s1. The molecule has 0 aromatic heterocycles. The van der Waals surface area contributed by atoms with Gasteiger partial charge in [-0.2, -0.15) is 4.99 Å². The highest BCUT2D eigenvalue weighted by Crippen LogP contribution is 2.35. The number of halogens is 3. The number of nitrogens with one attached hydrogen (secondary N) is 3. The molecule has 3 aliphatic heterocycles. The van der Waals surface area contributed by atoms with Gasteiger partial charge in [0.2, 0.25) is 5.96 Å². The van der Waals surface area contributed by atoms with E-state index in [4.69, 9.17) is 45.3 Å². The second kappa shape index (κ2) is 6.15. The van der Waals surface area contributed by atoms with Crippen molar-refractivity contribution in [3.63, 3.8) is 0 Å². The van der Waals surface area contributed by atoms with Gasteiger partial charge < -0.3 is 31.3 Å². The molecule has 9 nitrogen and oxygen atoms in total. The zero-order chi connectivity index (χ0) is 18.4. The van der Waals surface area contributed by atoms with Crippen molar-refractivity contribution in [2.24, 2.45) is 10.7 Å². The van der Waals surface area contributed by atoms with Crippen LogP contribution in [0.5, 0.6) is 0 Å². The normalized spacial score (nSPS) is 31.7. The Kier molecular flexibility index (Phi) is 4.42. The van der Waals surface area contributed by atoms with Crippen LogP contribution in [0, 0.1) is 0 Å². The van der Waals surface area contributed by atoms with E-state index in [1.165, 1.54) is 0 Å². The summed E-state index contributed by atoms with van der Waals surface area (Å²) >= 11 is 16.8. The number of carbonyl (C=O) groups is 2. The Hall–Kier alpha value is -1.84. The Balaban J connectivity index is 1.96. The molecule has 5 N–H and O–H groups in total. The maximum absolute atomic E-state index is 12.0. The van der Waals surface area contributed by atoms with Crippen molar-refractivity contribution in [3.8, 4) is 0 Å². The SMILES string of the molecule is C=C1N[C@H]2[C@H](COC(N)=O)N/C(=N/C(=O)C(Cl)(Cl)Cl)N3CC=C[C@]23N1. The molecule has 0 radical (unpaired) electrons. The highest BCUT2D eigenvalue weighted by Gasteiger charge is 2.57. The molecule has 2 amide bonds. The van der Waals surface area contributed by atoms with Gasteiger partial charge >= 0.3 is 12.0 Å². The topological polar surface area (TPSA) is 121 Å². The number of nitrogens with zero attached hydrogens (tertiary/aromatic N) is 2. The molecule has 12 heteroatoms. The summed E-state index contributed by atoms with van der Waals surface area (Å²) in [4.78, 5) is 28.7. The molecule has 3 rings (SSSR count). The van der Waals surface area contributed by atoms with E-state index in [1.807, 2.05) is 12.2 Å².